The van der Waals surface area contributed by atoms with Crippen LogP contribution in [-0.2, 0) is 0 Å². The Kier molecular flexibility index (Phi) is 2.50. The van der Waals surface area contributed by atoms with Crippen LogP contribution in [0.15, 0.2) is 41.3 Å². The van der Waals surface area contributed by atoms with Crippen LogP contribution < -0.4 is 4.90 Å². The van der Waals surface area contributed by atoms with Gasteiger partial charge in [0.05, 0.1) is 11.9 Å². The number of aliphatic imine (C=N–C) groups is 1. The van der Waals surface area contributed by atoms with E-state index >= 15 is 0 Å². The molecule has 0 bridgehead atoms. The minimum atomic E-state index is -0.372. The van der Waals surface area contributed by atoms with Crippen molar-refractivity contribution in [1.82, 2.24) is 4.98 Å². The second-order valence-electron chi connectivity index (χ2n) is 3.08. The van der Waals surface area contributed by atoms with Crippen LogP contribution in [0.5, 0.6) is 0 Å². The van der Waals surface area contributed by atoms with Crippen molar-refractivity contribution in [2.75, 3.05) is 4.90 Å². The van der Waals surface area contributed by atoms with Gasteiger partial charge in [-0.2, -0.15) is 0 Å². The van der Waals surface area contributed by atoms with Gasteiger partial charge in [0.25, 0.3) is 0 Å². The largest absolute Gasteiger partial charge is 0.311 e. The minimum Gasteiger partial charge on any atom is -0.311 e. The molecule has 14 heavy (non-hydrogen) atoms. The highest BCUT2D eigenvalue weighted by Crippen LogP contribution is 2.22. The Morgan fingerprint density at radius 3 is 3.07 bits per heavy atom. The Morgan fingerprint density at radius 1 is 1.50 bits per heavy atom. The van der Waals surface area contributed by atoms with Gasteiger partial charge in [0, 0.05) is 18.6 Å². The monoisotopic (exact) mass is 207 g/mol. The topological polar surface area (TPSA) is 28.5 Å². The molecule has 3 nitrogen and oxygen atoms in total. The summed E-state index contributed by atoms with van der Waals surface area (Å²) in [5.74, 6) is 0. The second-order valence-corrected chi connectivity index (χ2v) is 3.47. The zero-order valence-corrected chi connectivity index (χ0v) is 8.52. The van der Waals surface area contributed by atoms with E-state index in [1.54, 1.807) is 18.6 Å². The Balaban J connectivity index is 2.31. The van der Waals surface area contributed by atoms with Crippen LogP contribution in [0.1, 0.15) is 6.92 Å². The smallest absolute Gasteiger partial charge is 0.201 e. The SMILES string of the molecule is CC1=CN(c2cccnc2)C(Cl)N=C1. The lowest BCUT2D eigenvalue weighted by Crippen LogP contribution is -2.27. The first kappa shape index (κ1) is 9.21. The van der Waals surface area contributed by atoms with E-state index in [9.17, 15) is 0 Å². The van der Waals surface area contributed by atoms with Gasteiger partial charge in [-0.05, 0) is 24.6 Å². The van der Waals surface area contributed by atoms with E-state index in [1.165, 1.54) is 0 Å². The maximum absolute atomic E-state index is 6.04. The summed E-state index contributed by atoms with van der Waals surface area (Å²) in [6, 6.07) is 3.83. The highest BCUT2D eigenvalue weighted by molar-refractivity contribution is 6.22. The van der Waals surface area contributed by atoms with E-state index < -0.39 is 0 Å². The summed E-state index contributed by atoms with van der Waals surface area (Å²) in [5, 5.41) is 0. The number of halogens is 1. The molecule has 2 rings (SSSR count). The molecule has 1 aliphatic rings. The number of anilines is 1. The molecule has 1 aromatic rings. The summed E-state index contributed by atoms with van der Waals surface area (Å²) in [6.07, 6.45) is 7.22. The van der Waals surface area contributed by atoms with Gasteiger partial charge in [-0.1, -0.05) is 11.6 Å². The third-order valence-corrected chi connectivity index (χ3v) is 2.24. The molecule has 0 spiro atoms. The van der Waals surface area contributed by atoms with E-state index in [0.717, 1.165) is 11.3 Å². The predicted octanol–water partition coefficient (Wildman–Crippen LogP) is 2.40. The molecule has 0 N–H and O–H groups in total. The first-order chi connectivity index (χ1) is 6.77. The molecule has 0 saturated heterocycles. The van der Waals surface area contributed by atoms with Crippen molar-refractivity contribution in [2.24, 2.45) is 4.99 Å². The van der Waals surface area contributed by atoms with Gasteiger partial charge >= 0.3 is 0 Å². The van der Waals surface area contributed by atoms with Crippen molar-refractivity contribution in [3.05, 3.63) is 36.3 Å². The zero-order valence-electron chi connectivity index (χ0n) is 7.76. The van der Waals surface area contributed by atoms with Crippen LogP contribution in [-0.4, -0.2) is 16.8 Å². The average Bonchev–Trinajstić information content (AvgIpc) is 2.23. The van der Waals surface area contributed by atoms with E-state index in [-0.39, 0.29) is 5.62 Å². The van der Waals surface area contributed by atoms with Crippen LogP contribution in [0.25, 0.3) is 0 Å². The molecule has 1 aromatic heterocycles. The normalized spacial score (nSPS) is 20.9. The number of alkyl halides is 1. The average molecular weight is 208 g/mol. The summed E-state index contributed by atoms with van der Waals surface area (Å²) in [5.41, 5.74) is 1.65. The molecule has 0 aliphatic carbocycles. The van der Waals surface area contributed by atoms with Gasteiger partial charge in [0.15, 0.2) is 0 Å². The van der Waals surface area contributed by atoms with E-state index in [1.807, 2.05) is 30.2 Å². The maximum atomic E-state index is 6.04. The quantitative estimate of drug-likeness (QED) is 0.523. The molecular formula is C10H10ClN3. The lowest BCUT2D eigenvalue weighted by Gasteiger charge is -2.25. The summed E-state index contributed by atoms with van der Waals surface area (Å²) < 4.78 is 0. The summed E-state index contributed by atoms with van der Waals surface area (Å²) in [7, 11) is 0. The van der Waals surface area contributed by atoms with Crippen LogP contribution in [0.3, 0.4) is 0 Å². The highest BCUT2D eigenvalue weighted by Gasteiger charge is 2.15. The molecule has 0 radical (unpaired) electrons. The Bertz CT molecular complexity index is 372. The molecule has 0 fully saturated rings. The molecule has 0 amide bonds. The first-order valence-corrected chi connectivity index (χ1v) is 4.75. The molecule has 2 heterocycles. The van der Waals surface area contributed by atoms with E-state index in [0.29, 0.717) is 0 Å². The third-order valence-electron chi connectivity index (χ3n) is 1.92. The Labute approximate surface area is 87.7 Å². The molecule has 1 atom stereocenters. The Morgan fingerprint density at radius 2 is 2.36 bits per heavy atom. The molecule has 0 aromatic carbocycles. The number of pyridine rings is 1. The minimum absolute atomic E-state index is 0.372. The van der Waals surface area contributed by atoms with E-state index in [4.69, 9.17) is 11.6 Å². The van der Waals surface area contributed by atoms with Crippen LogP contribution in [0.4, 0.5) is 5.69 Å². The van der Waals surface area contributed by atoms with Gasteiger partial charge in [0.1, 0.15) is 0 Å². The van der Waals surface area contributed by atoms with Gasteiger partial charge in [-0.3, -0.25) is 9.98 Å². The third kappa shape index (κ3) is 1.77. The van der Waals surface area contributed by atoms with Crippen LogP contribution >= 0.6 is 11.6 Å². The van der Waals surface area contributed by atoms with Crippen molar-refractivity contribution >= 4 is 23.5 Å². The predicted molar refractivity (Wildman–Crippen MR) is 58.6 cm³/mol. The van der Waals surface area contributed by atoms with E-state index in [2.05, 4.69) is 9.98 Å². The molecule has 1 unspecified atom stereocenters. The number of nitrogens with zero attached hydrogens (tertiary/aromatic N) is 3. The number of hydrogen-bond acceptors (Lipinski definition) is 3. The molecule has 0 saturated carbocycles. The fourth-order valence-electron chi connectivity index (χ4n) is 1.27. The fourth-order valence-corrected chi connectivity index (χ4v) is 1.49. The zero-order chi connectivity index (χ0) is 9.97. The van der Waals surface area contributed by atoms with Gasteiger partial charge in [0.2, 0.25) is 5.62 Å². The van der Waals surface area contributed by atoms with Crippen LogP contribution in [0, 0.1) is 0 Å². The molecule has 4 heteroatoms. The van der Waals surface area contributed by atoms with Crippen molar-refractivity contribution in [1.29, 1.82) is 0 Å². The first-order valence-electron chi connectivity index (χ1n) is 4.31. The number of hydrogen-bond donors (Lipinski definition) is 0. The summed E-state index contributed by atoms with van der Waals surface area (Å²) in [6.45, 7) is 1.98. The van der Waals surface area contributed by atoms with Crippen LogP contribution in [0.2, 0.25) is 0 Å². The number of allylic oxidation sites excluding steroid dienone is 1. The van der Waals surface area contributed by atoms with Gasteiger partial charge < -0.3 is 4.90 Å². The summed E-state index contributed by atoms with van der Waals surface area (Å²) in [4.78, 5) is 10.1. The lowest BCUT2D eigenvalue weighted by atomic mass is 10.3. The molecular weight excluding hydrogens is 198 g/mol. The molecule has 72 valence electrons. The van der Waals surface area contributed by atoms with Crippen molar-refractivity contribution < 1.29 is 0 Å². The summed E-state index contributed by atoms with van der Waals surface area (Å²) >= 11 is 6.04. The van der Waals surface area contributed by atoms with Crippen molar-refractivity contribution in [3.8, 4) is 0 Å². The van der Waals surface area contributed by atoms with Gasteiger partial charge in [-0.15, -0.1) is 0 Å². The number of rotatable bonds is 1. The fraction of sp³-hybridized carbons (Fsp3) is 0.200. The number of aromatic nitrogens is 1. The van der Waals surface area contributed by atoms with Gasteiger partial charge in [-0.25, -0.2) is 0 Å². The second kappa shape index (κ2) is 3.80. The Hall–Kier alpha value is -1.35. The van der Waals surface area contributed by atoms with Crippen molar-refractivity contribution in [3.63, 3.8) is 0 Å². The maximum Gasteiger partial charge on any atom is 0.201 e. The standard InChI is InChI=1S/C10H10ClN3/c1-8-5-13-10(11)14(7-8)9-3-2-4-12-6-9/h2-7,10H,1H3. The van der Waals surface area contributed by atoms with Crippen molar-refractivity contribution in [2.45, 2.75) is 12.5 Å². The molecule has 1 aliphatic heterocycles. The lowest BCUT2D eigenvalue weighted by molar-refractivity contribution is 0.882. The highest BCUT2D eigenvalue weighted by atomic mass is 35.5.